The summed E-state index contributed by atoms with van der Waals surface area (Å²) in [5.41, 5.74) is -0.00387. The number of rotatable bonds is 3. The Labute approximate surface area is 121 Å². The minimum Gasteiger partial charge on any atom is -0.384 e. The maximum atomic E-state index is 12.9. The second kappa shape index (κ2) is 5.22. The molecule has 3 rings (SSSR count). The van der Waals surface area contributed by atoms with Crippen LogP contribution < -0.4 is 4.90 Å². The van der Waals surface area contributed by atoms with Crippen LogP contribution in [-0.4, -0.2) is 45.2 Å². The molecule has 1 aliphatic heterocycles. The van der Waals surface area contributed by atoms with Gasteiger partial charge in [-0.2, -0.15) is 0 Å². The predicted molar refractivity (Wildman–Crippen MR) is 75.7 cm³/mol. The van der Waals surface area contributed by atoms with Crippen LogP contribution in [0.25, 0.3) is 11.0 Å². The van der Waals surface area contributed by atoms with Crippen molar-refractivity contribution in [1.82, 2.24) is 15.0 Å². The molecule has 114 valence electrons. The average molecular weight is 296 g/mol. The molecule has 2 N–H and O–H groups in total. The summed E-state index contributed by atoms with van der Waals surface area (Å²) in [5.74, 6) is 0.759. The van der Waals surface area contributed by atoms with Gasteiger partial charge in [-0.15, -0.1) is 0 Å². The number of halogens is 2. The summed E-state index contributed by atoms with van der Waals surface area (Å²) in [4.78, 5) is 13.6. The lowest BCUT2D eigenvalue weighted by Crippen LogP contribution is -2.49. The quantitative estimate of drug-likeness (QED) is 0.910. The molecule has 0 saturated carbocycles. The fourth-order valence-corrected chi connectivity index (χ4v) is 2.85. The molecule has 0 unspecified atom stereocenters. The van der Waals surface area contributed by atoms with Gasteiger partial charge in [-0.05, 0) is 24.8 Å². The Morgan fingerprint density at radius 3 is 2.71 bits per heavy atom. The van der Waals surface area contributed by atoms with E-state index < -0.39 is 12.0 Å². The molecule has 7 heteroatoms. The van der Waals surface area contributed by atoms with Gasteiger partial charge in [0.2, 0.25) is 0 Å². The third-order valence-electron chi connectivity index (χ3n) is 4.25. The second-order valence-electron chi connectivity index (χ2n) is 5.48. The smallest absolute Gasteiger partial charge is 0.266 e. The van der Waals surface area contributed by atoms with E-state index in [1.807, 2.05) is 18.0 Å². The lowest BCUT2D eigenvalue weighted by atomic mass is 9.92. The van der Waals surface area contributed by atoms with E-state index in [2.05, 4.69) is 15.0 Å². The van der Waals surface area contributed by atoms with Crippen LogP contribution in [0, 0.1) is 0 Å². The largest absolute Gasteiger partial charge is 0.384 e. The Morgan fingerprint density at radius 1 is 1.38 bits per heavy atom. The number of aryl methyl sites for hydroxylation is 1. The molecule has 1 fully saturated rings. The number of hydrogen-bond acceptors (Lipinski definition) is 4. The summed E-state index contributed by atoms with van der Waals surface area (Å²) >= 11 is 0. The molecule has 0 aromatic carbocycles. The maximum Gasteiger partial charge on any atom is 0.266 e. The molecule has 0 radical (unpaired) electrons. The molecule has 21 heavy (non-hydrogen) atoms. The molecule has 0 aliphatic carbocycles. The van der Waals surface area contributed by atoms with Gasteiger partial charge < -0.3 is 15.0 Å². The van der Waals surface area contributed by atoms with Crippen LogP contribution in [0.1, 0.15) is 25.3 Å². The lowest BCUT2D eigenvalue weighted by Gasteiger charge is -2.38. The number of aromatic amines is 1. The normalized spacial score (nSPS) is 18.6. The Morgan fingerprint density at radius 2 is 2.10 bits per heavy atom. The van der Waals surface area contributed by atoms with Gasteiger partial charge in [0.15, 0.2) is 0 Å². The summed E-state index contributed by atoms with van der Waals surface area (Å²) in [6, 6.07) is 0. The van der Waals surface area contributed by atoms with Gasteiger partial charge in [-0.25, -0.2) is 18.7 Å². The summed E-state index contributed by atoms with van der Waals surface area (Å²) in [6.07, 6.45) is 1.60. The maximum absolute atomic E-state index is 12.9. The molecule has 0 spiro atoms. The third kappa shape index (κ3) is 2.35. The molecule has 0 amide bonds. The van der Waals surface area contributed by atoms with Gasteiger partial charge in [0.05, 0.1) is 5.39 Å². The van der Waals surface area contributed by atoms with Crippen LogP contribution in [0.15, 0.2) is 12.5 Å². The van der Waals surface area contributed by atoms with Crippen molar-refractivity contribution in [2.24, 2.45) is 0 Å². The third-order valence-corrected chi connectivity index (χ3v) is 4.25. The molecule has 1 aliphatic rings. The first-order valence-electron chi connectivity index (χ1n) is 7.11. The number of nitrogens with zero attached hydrogens (tertiary/aromatic N) is 3. The minimum atomic E-state index is -2.71. The molecule has 0 atom stereocenters. The van der Waals surface area contributed by atoms with Crippen LogP contribution in [0.5, 0.6) is 0 Å². The molecule has 1 saturated heterocycles. The first-order valence-corrected chi connectivity index (χ1v) is 7.11. The van der Waals surface area contributed by atoms with Crippen molar-refractivity contribution in [2.75, 3.05) is 18.0 Å². The van der Waals surface area contributed by atoms with E-state index in [9.17, 15) is 13.9 Å². The minimum absolute atomic E-state index is 0.0437. The van der Waals surface area contributed by atoms with Crippen LogP contribution in [-0.2, 0) is 6.42 Å². The highest BCUT2D eigenvalue weighted by Crippen LogP contribution is 2.33. The number of alkyl halides is 2. The standard InChI is InChI=1S/C14H18F2N4O/c1-2-9-7-17-11-10(9)12(19-8-18-11)20-5-3-14(21,4-6-20)13(15)16/h7-8,13,21H,2-6H2,1H3,(H,17,18,19). The number of fused-ring (bicyclic) bond motifs is 1. The predicted octanol–water partition coefficient (Wildman–Crippen LogP) is 2.12. The van der Waals surface area contributed by atoms with Crippen LogP contribution >= 0.6 is 0 Å². The summed E-state index contributed by atoms with van der Waals surface area (Å²) < 4.78 is 25.7. The second-order valence-corrected chi connectivity index (χ2v) is 5.48. The van der Waals surface area contributed by atoms with Gasteiger partial charge in [-0.1, -0.05) is 6.92 Å². The molecule has 2 aromatic rings. The molecule has 3 heterocycles. The fourth-order valence-electron chi connectivity index (χ4n) is 2.85. The zero-order valence-electron chi connectivity index (χ0n) is 11.8. The SMILES string of the molecule is CCc1c[nH]c2ncnc(N3CCC(O)(C(F)F)CC3)c12. The number of H-pyrrole nitrogens is 1. The van der Waals surface area contributed by atoms with Crippen molar-refractivity contribution in [3.8, 4) is 0 Å². The first-order chi connectivity index (χ1) is 10.0. The Bertz CT molecular complexity index is 635. The molecular weight excluding hydrogens is 278 g/mol. The number of aromatic nitrogens is 3. The highest BCUT2D eigenvalue weighted by Gasteiger charge is 2.41. The zero-order valence-corrected chi connectivity index (χ0v) is 11.8. The lowest BCUT2D eigenvalue weighted by molar-refractivity contribution is -0.109. The summed E-state index contributed by atoms with van der Waals surface area (Å²) in [6.45, 7) is 2.77. The van der Waals surface area contributed by atoms with Crippen molar-refractivity contribution in [3.05, 3.63) is 18.1 Å². The van der Waals surface area contributed by atoms with Crippen molar-refractivity contribution in [1.29, 1.82) is 0 Å². The van der Waals surface area contributed by atoms with E-state index in [0.29, 0.717) is 13.1 Å². The molecular formula is C14H18F2N4O. The Balaban J connectivity index is 1.91. The van der Waals surface area contributed by atoms with Gasteiger partial charge in [0, 0.05) is 19.3 Å². The Kier molecular flexibility index (Phi) is 3.52. The Hall–Kier alpha value is -1.76. The van der Waals surface area contributed by atoms with Gasteiger partial charge in [-0.3, -0.25) is 0 Å². The highest BCUT2D eigenvalue weighted by molar-refractivity contribution is 5.90. The molecule has 2 aromatic heterocycles. The van der Waals surface area contributed by atoms with Crippen molar-refractivity contribution in [3.63, 3.8) is 0 Å². The van der Waals surface area contributed by atoms with E-state index in [0.717, 1.165) is 28.8 Å². The van der Waals surface area contributed by atoms with Crippen molar-refractivity contribution >= 4 is 16.9 Å². The van der Waals surface area contributed by atoms with E-state index in [4.69, 9.17) is 0 Å². The van der Waals surface area contributed by atoms with Gasteiger partial charge >= 0.3 is 0 Å². The highest BCUT2D eigenvalue weighted by atomic mass is 19.3. The molecule has 0 bridgehead atoms. The van der Waals surface area contributed by atoms with E-state index in [1.165, 1.54) is 6.33 Å². The topological polar surface area (TPSA) is 65.0 Å². The van der Waals surface area contributed by atoms with Gasteiger partial charge in [0.25, 0.3) is 6.43 Å². The van der Waals surface area contributed by atoms with E-state index in [-0.39, 0.29) is 12.8 Å². The number of piperidine rings is 1. The van der Waals surface area contributed by atoms with Crippen LogP contribution in [0.2, 0.25) is 0 Å². The number of hydrogen-bond donors (Lipinski definition) is 2. The van der Waals surface area contributed by atoms with Crippen LogP contribution in [0.4, 0.5) is 14.6 Å². The van der Waals surface area contributed by atoms with Gasteiger partial charge in [0.1, 0.15) is 23.4 Å². The number of nitrogens with one attached hydrogen (secondary N) is 1. The summed E-state index contributed by atoms with van der Waals surface area (Å²) in [5, 5.41) is 10.8. The van der Waals surface area contributed by atoms with Crippen LogP contribution in [0.3, 0.4) is 0 Å². The number of anilines is 1. The molecule has 5 nitrogen and oxygen atoms in total. The monoisotopic (exact) mass is 296 g/mol. The number of aliphatic hydroxyl groups is 1. The summed E-state index contributed by atoms with van der Waals surface area (Å²) in [7, 11) is 0. The van der Waals surface area contributed by atoms with E-state index in [1.54, 1.807) is 0 Å². The first kappa shape index (κ1) is 14.2. The fraction of sp³-hybridized carbons (Fsp3) is 0.571. The van der Waals surface area contributed by atoms with Crippen molar-refractivity contribution < 1.29 is 13.9 Å². The van der Waals surface area contributed by atoms with E-state index >= 15 is 0 Å². The average Bonchev–Trinajstić information content (AvgIpc) is 2.91. The zero-order chi connectivity index (χ0) is 15.0. The van der Waals surface area contributed by atoms with Crippen molar-refractivity contribution in [2.45, 2.75) is 38.2 Å².